The van der Waals surface area contributed by atoms with E-state index in [-0.39, 0.29) is 23.0 Å². The molecule has 2 aliphatic rings. The van der Waals surface area contributed by atoms with Crippen LogP contribution in [0.4, 0.5) is 5.82 Å². The van der Waals surface area contributed by atoms with Crippen LogP contribution < -0.4 is 11.1 Å². The zero-order valence-electron chi connectivity index (χ0n) is 17.9. The third-order valence-electron chi connectivity index (χ3n) is 5.04. The number of hydrogen-bond donors (Lipinski definition) is 4. The Bertz CT molecular complexity index is 1260. The van der Waals surface area contributed by atoms with Gasteiger partial charge in [-0.3, -0.25) is 14.5 Å². The maximum Gasteiger partial charge on any atom is 0.352 e. The quantitative estimate of drug-likeness (QED) is 0.0834. The molecule has 16 heteroatoms. The van der Waals surface area contributed by atoms with Crippen molar-refractivity contribution in [3.63, 3.8) is 0 Å². The molecule has 35 heavy (non-hydrogen) atoms. The van der Waals surface area contributed by atoms with Gasteiger partial charge in [0.15, 0.2) is 5.71 Å². The topological polar surface area (TPSA) is 202 Å². The number of nitrogens with one attached hydrogen (secondary N) is 1. The van der Waals surface area contributed by atoms with E-state index in [4.69, 9.17) is 5.73 Å². The molecule has 0 saturated carbocycles. The first-order valence-corrected chi connectivity index (χ1v) is 12.0. The summed E-state index contributed by atoms with van der Waals surface area (Å²) in [6.07, 6.45) is 1.63. The zero-order chi connectivity index (χ0) is 25.1. The average Bonchev–Trinajstić information content (AvgIpc) is 3.28. The Morgan fingerprint density at radius 1 is 1.43 bits per heavy atom. The lowest BCUT2D eigenvalue weighted by Gasteiger charge is -2.49. The van der Waals surface area contributed by atoms with Gasteiger partial charge in [-0.25, -0.2) is 14.5 Å². The van der Waals surface area contributed by atoms with Gasteiger partial charge in [-0.05, 0) is 28.1 Å². The van der Waals surface area contributed by atoms with Crippen LogP contribution in [0.25, 0.3) is 0 Å². The maximum atomic E-state index is 12.9. The molecular weight excluding hydrogens is 498 g/mol. The molecule has 182 valence electrons. The van der Waals surface area contributed by atoms with Crippen LogP contribution in [0, 0.1) is 0 Å². The smallest absolute Gasteiger partial charge is 0.352 e. The second-order valence-electron chi connectivity index (χ2n) is 7.24. The number of tetrazole rings is 1. The molecule has 4 rings (SSSR count). The number of oxime groups is 1. The Labute approximate surface area is 206 Å². The van der Waals surface area contributed by atoms with E-state index in [9.17, 15) is 24.7 Å². The van der Waals surface area contributed by atoms with Crippen molar-refractivity contribution in [3.05, 3.63) is 47.8 Å². The summed E-state index contributed by atoms with van der Waals surface area (Å²) in [5.41, 5.74) is 5.60. The first kappa shape index (κ1) is 24.2. The van der Waals surface area contributed by atoms with Crippen LogP contribution in [0.1, 0.15) is 5.69 Å². The molecule has 2 amide bonds. The summed E-state index contributed by atoms with van der Waals surface area (Å²) in [6.45, 7) is 4.04. The van der Waals surface area contributed by atoms with Crippen molar-refractivity contribution < 1.29 is 24.7 Å². The fraction of sp³-hybridized carbons (Fsp3) is 0.263. The fourth-order valence-corrected chi connectivity index (χ4v) is 5.86. The standard InChI is InChI=1S/C19H19N9O5S2/c1-2-6-27-19(23-25-26-27)35-8-9-7-34-17-13(16(30)28(17)14(9)18(31)32)22-15(29)12(24-33)10-4-3-5-11(20)21-10/h2-5,13,17,33H,1,6-8H2,(H2,20,21)(H,22,29)(H,31,32)/b24-12-/t13?,17-/m1/s1. The number of thioether (sulfide) groups is 2. The van der Waals surface area contributed by atoms with E-state index >= 15 is 0 Å². The Morgan fingerprint density at radius 3 is 2.91 bits per heavy atom. The number of carbonyl (C=O) groups excluding carboxylic acids is 2. The van der Waals surface area contributed by atoms with Gasteiger partial charge in [-0.1, -0.05) is 29.1 Å². The monoisotopic (exact) mass is 517 g/mol. The number of pyridine rings is 1. The molecule has 0 aromatic carbocycles. The minimum Gasteiger partial charge on any atom is -0.477 e. The number of β-lactam (4-membered cyclic amide) rings is 1. The summed E-state index contributed by atoms with van der Waals surface area (Å²) < 4.78 is 1.52. The van der Waals surface area contributed by atoms with E-state index in [2.05, 4.69) is 37.6 Å². The van der Waals surface area contributed by atoms with E-state index in [0.717, 1.165) is 4.90 Å². The lowest BCUT2D eigenvalue weighted by molar-refractivity contribution is -0.150. The first-order chi connectivity index (χ1) is 16.8. The second-order valence-corrected chi connectivity index (χ2v) is 9.28. The van der Waals surface area contributed by atoms with Gasteiger partial charge in [-0.2, -0.15) is 0 Å². The van der Waals surface area contributed by atoms with Crippen molar-refractivity contribution in [2.75, 3.05) is 17.2 Å². The first-order valence-electron chi connectivity index (χ1n) is 10.0. The lowest BCUT2D eigenvalue weighted by atomic mass is 10.0. The fourth-order valence-electron chi connectivity index (χ4n) is 3.49. The highest BCUT2D eigenvalue weighted by atomic mass is 32.2. The van der Waals surface area contributed by atoms with E-state index in [1.165, 1.54) is 46.4 Å². The molecule has 2 atom stereocenters. The van der Waals surface area contributed by atoms with Crippen molar-refractivity contribution in [2.24, 2.45) is 5.16 Å². The Morgan fingerprint density at radius 2 is 2.23 bits per heavy atom. The largest absolute Gasteiger partial charge is 0.477 e. The maximum absolute atomic E-state index is 12.9. The van der Waals surface area contributed by atoms with E-state index in [0.29, 0.717) is 23.0 Å². The lowest BCUT2D eigenvalue weighted by Crippen LogP contribution is -2.71. The molecule has 2 aromatic heterocycles. The van der Waals surface area contributed by atoms with Crippen LogP contribution >= 0.6 is 23.5 Å². The number of carbonyl (C=O) groups is 3. The number of nitrogens with two attached hydrogens (primary N) is 1. The number of anilines is 1. The van der Waals surface area contributed by atoms with Crippen LogP contribution in [0.2, 0.25) is 0 Å². The predicted molar refractivity (Wildman–Crippen MR) is 125 cm³/mol. The van der Waals surface area contributed by atoms with Crippen LogP contribution in [0.15, 0.2) is 52.4 Å². The molecule has 0 bridgehead atoms. The Kier molecular flexibility index (Phi) is 7.02. The van der Waals surface area contributed by atoms with Crippen molar-refractivity contribution in [1.82, 2.24) is 35.4 Å². The Balaban J connectivity index is 1.48. The van der Waals surface area contributed by atoms with Crippen LogP contribution in [0.5, 0.6) is 0 Å². The number of fused-ring (bicyclic) bond motifs is 1. The number of amides is 2. The molecule has 1 fully saturated rings. The van der Waals surface area contributed by atoms with Crippen LogP contribution in [-0.2, 0) is 20.9 Å². The molecule has 2 aromatic rings. The average molecular weight is 518 g/mol. The SMILES string of the molecule is C=CCn1nnnc1SCC1=C(C(=O)O)N2C(=O)C(NC(=O)/C(=N\O)c3cccc(N)n3)[C@H]2SC1. The van der Waals surface area contributed by atoms with Gasteiger partial charge in [-0.15, -0.1) is 23.4 Å². The van der Waals surface area contributed by atoms with E-state index in [1.54, 1.807) is 6.08 Å². The number of carboxylic acid groups (broad SMARTS) is 1. The third kappa shape index (κ3) is 4.69. The summed E-state index contributed by atoms with van der Waals surface area (Å²) in [5, 5.41) is 35.9. The molecular formula is C19H19N9O5S2. The number of carboxylic acids is 1. The number of aliphatic carboxylic acids is 1. The number of rotatable bonds is 9. The van der Waals surface area contributed by atoms with Crippen LogP contribution in [-0.4, -0.2) is 86.8 Å². The minimum atomic E-state index is -1.25. The molecule has 1 saturated heterocycles. The van der Waals surface area contributed by atoms with Crippen molar-refractivity contribution >= 4 is 52.8 Å². The van der Waals surface area contributed by atoms with Gasteiger partial charge in [0, 0.05) is 11.5 Å². The summed E-state index contributed by atoms with van der Waals surface area (Å²) in [5.74, 6) is -2.01. The van der Waals surface area contributed by atoms with Gasteiger partial charge in [0.25, 0.3) is 11.8 Å². The molecule has 0 spiro atoms. The van der Waals surface area contributed by atoms with Gasteiger partial charge in [0.05, 0.1) is 6.54 Å². The molecule has 5 N–H and O–H groups in total. The Hall–Kier alpha value is -3.92. The van der Waals surface area contributed by atoms with Crippen molar-refractivity contribution in [3.8, 4) is 0 Å². The summed E-state index contributed by atoms with van der Waals surface area (Å²) in [7, 11) is 0. The predicted octanol–water partition coefficient (Wildman–Crippen LogP) is -0.454. The van der Waals surface area contributed by atoms with Crippen molar-refractivity contribution in [1.29, 1.82) is 0 Å². The summed E-state index contributed by atoms with van der Waals surface area (Å²) in [4.78, 5) is 42.7. The third-order valence-corrected chi connectivity index (χ3v) is 7.42. The molecule has 0 aliphatic carbocycles. The molecule has 1 unspecified atom stereocenters. The number of nitrogen functional groups attached to an aromatic ring is 1. The van der Waals surface area contributed by atoms with E-state index < -0.39 is 34.9 Å². The zero-order valence-corrected chi connectivity index (χ0v) is 19.6. The number of nitrogens with zero attached hydrogens (tertiary/aromatic N) is 7. The van der Waals surface area contributed by atoms with Gasteiger partial charge < -0.3 is 21.4 Å². The summed E-state index contributed by atoms with van der Waals surface area (Å²) >= 11 is 2.55. The molecule has 14 nitrogen and oxygen atoms in total. The van der Waals surface area contributed by atoms with Crippen LogP contribution in [0.3, 0.4) is 0 Å². The highest BCUT2D eigenvalue weighted by molar-refractivity contribution is 8.01. The minimum absolute atomic E-state index is 0.0224. The van der Waals surface area contributed by atoms with Gasteiger partial charge in [0.2, 0.25) is 5.16 Å². The van der Waals surface area contributed by atoms with Crippen molar-refractivity contribution in [2.45, 2.75) is 23.1 Å². The number of hydrogen-bond acceptors (Lipinski definition) is 12. The molecule has 2 aliphatic heterocycles. The second kappa shape index (κ2) is 10.1. The highest BCUT2D eigenvalue weighted by Gasteiger charge is 2.54. The van der Waals surface area contributed by atoms with E-state index in [1.807, 2.05) is 0 Å². The van der Waals surface area contributed by atoms with Gasteiger partial charge >= 0.3 is 5.97 Å². The molecule has 0 radical (unpaired) electrons. The molecule has 4 heterocycles. The number of allylic oxidation sites excluding steroid dienone is 1. The van der Waals surface area contributed by atoms with Gasteiger partial charge in [0.1, 0.15) is 28.6 Å². The summed E-state index contributed by atoms with van der Waals surface area (Å²) in [6, 6.07) is 3.45. The normalized spacial score (nSPS) is 19.7. The highest BCUT2D eigenvalue weighted by Crippen LogP contribution is 2.41. The number of aromatic nitrogens is 5.